The van der Waals surface area contributed by atoms with Crippen LogP contribution >= 0.6 is 24.0 Å². The molecule has 2 rings (SSSR count). The number of para-hydroxylation sites is 1. The highest BCUT2D eigenvalue weighted by Crippen LogP contribution is 2.19. The summed E-state index contributed by atoms with van der Waals surface area (Å²) in [7, 11) is 3.85. The van der Waals surface area contributed by atoms with E-state index in [9.17, 15) is 0 Å². The van der Waals surface area contributed by atoms with Crippen LogP contribution < -0.4 is 10.1 Å². The second-order valence-electron chi connectivity index (χ2n) is 6.56. The highest BCUT2D eigenvalue weighted by Gasteiger charge is 2.15. The zero-order chi connectivity index (χ0) is 17.9. The number of hydrogen-bond acceptors (Lipinski definition) is 3. The van der Waals surface area contributed by atoms with Crippen molar-refractivity contribution in [3.05, 3.63) is 29.8 Å². The summed E-state index contributed by atoms with van der Waals surface area (Å²) in [5.41, 5.74) is 1.20. The van der Waals surface area contributed by atoms with Gasteiger partial charge in [0.05, 0.1) is 7.11 Å². The summed E-state index contributed by atoms with van der Waals surface area (Å²) in [6.45, 7) is 6.62. The lowest BCUT2D eigenvalue weighted by Crippen LogP contribution is -2.40. The third-order valence-electron chi connectivity index (χ3n) is 4.75. The molecule has 0 spiro atoms. The zero-order valence-corrected chi connectivity index (χ0v) is 18.7. The van der Waals surface area contributed by atoms with Gasteiger partial charge in [-0.1, -0.05) is 18.2 Å². The summed E-state index contributed by atoms with van der Waals surface area (Å²) in [5.74, 6) is 2.72. The van der Waals surface area contributed by atoms with Crippen LogP contribution in [0.3, 0.4) is 0 Å². The summed E-state index contributed by atoms with van der Waals surface area (Å²) < 4.78 is 10.9. The normalized spacial score (nSPS) is 15.3. The number of nitrogens with one attached hydrogen (secondary N) is 1. The molecule has 1 aromatic carbocycles. The summed E-state index contributed by atoms with van der Waals surface area (Å²) in [5, 5.41) is 3.40. The van der Waals surface area contributed by atoms with Gasteiger partial charge in [-0.3, -0.25) is 4.99 Å². The van der Waals surface area contributed by atoms with Crippen molar-refractivity contribution < 1.29 is 9.47 Å². The lowest BCUT2D eigenvalue weighted by atomic mass is 9.96. The molecule has 0 saturated carbocycles. The molecule has 1 N–H and O–H groups in total. The fourth-order valence-electron chi connectivity index (χ4n) is 3.18. The number of nitrogens with zero attached hydrogens (tertiary/aromatic N) is 2. The minimum absolute atomic E-state index is 0. The second-order valence-corrected chi connectivity index (χ2v) is 6.56. The van der Waals surface area contributed by atoms with Gasteiger partial charge in [-0.15, -0.1) is 24.0 Å². The standard InChI is InChI=1S/C20H33N3O2.HI/c1-4-21-20(23(2)14-10-17-11-15-25-16-12-17)22-13-9-18-7-5-6-8-19(18)24-3;/h5-8,17H,4,9-16H2,1-3H3,(H,21,22);1H. The van der Waals surface area contributed by atoms with Crippen LogP contribution in [0.4, 0.5) is 0 Å². The Labute approximate surface area is 175 Å². The van der Waals surface area contributed by atoms with Crippen LogP contribution in [-0.2, 0) is 11.2 Å². The van der Waals surface area contributed by atoms with Crippen molar-refractivity contribution >= 4 is 29.9 Å². The Morgan fingerprint density at radius 3 is 2.73 bits per heavy atom. The van der Waals surface area contributed by atoms with E-state index in [1.807, 2.05) is 18.2 Å². The summed E-state index contributed by atoms with van der Waals surface area (Å²) in [6.07, 6.45) is 4.47. The van der Waals surface area contributed by atoms with Gasteiger partial charge in [0.1, 0.15) is 5.75 Å². The molecule has 0 unspecified atom stereocenters. The van der Waals surface area contributed by atoms with Gasteiger partial charge in [0.15, 0.2) is 5.96 Å². The molecule has 6 heteroatoms. The van der Waals surface area contributed by atoms with E-state index in [-0.39, 0.29) is 24.0 Å². The van der Waals surface area contributed by atoms with Gasteiger partial charge in [0, 0.05) is 39.9 Å². The molecule has 0 aliphatic carbocycles. The van der Waals surface area contributed by atoms with E-state index < -0.39 is 0 Å². The number of halogens is 1. The smallest absolute Gasteiger partial charge is 0.193 e. The average molecular weight is 475 g/mol. The molecule has 148 valence electrons. The van der Waals surface area contributed by atoms with Crippen LogP contribution in [0.1, 0.15) is 31.7 Å². The number of ether oxygens (including phenoxy) is 2. The predicted octanol–water partition coefficient (Wildman–Crippen LogP) is 3.57. The molecule has 1 aliphatic heterocycles. The Hall–Kier alpha value is -1.02. The fraction of sp³-hybridized carbons (Fsp3) is 0.650. The molecule has 0 amide bonds. The van der Waals surface area contributed by atoms with Gasteiger partial charge in [0.2, 0.25) is 0 Å². The third-order valence-corrected chi connectivity index (χ3v) is 4.75. The van der Waals surface area contributed by atoms with Crippen molar-refractivity contribution in [1.29, 1.82) is 0 Å². The van der Waals surface area contributed by atoms with E-state index in [1.54, 1.807) is 7.11 Å². The molecule has 1 aliphatic rings. The number of aliphatic imine (C=N–C) groups is 1. The number of rotatable bonds is 8. The molecule has 26 heavy (non-hydrogen) atoms. The van der Waals surface area contributed by atoms with Crippen molar-refractivity contribution in [3.8, 4) is 5.75 Å². The summed E-state index contributed by atoms with van der Waals surface area (Å²) in [4.78, 5) is 7.05. The summed E-state index contributed by atoms with van der Waals surface area (Å²) in [6, 6.07) is 8.16. The SMILES string of the molecule is CCNC(=NCCc1ccccc1OC)N(C)CCC1CCOCC1.I. The first kappa shape index (κ1) is 23.0. The molecule has 0 bridgehead atoms. The molecular formula is C20H34IN3O2. The topological polar surface area (TPSA) is 46.1 Å². The minimum Gasteiger partial charge on any atom is -0.496 e. The Bertz CT molecular complexity index is 534. The van der Waals surface area contributed by atoms with Crippen LogP contribution in [0.15, 0.2) is 29.3 Å². The van der Waals surface area contributed by atoms with Crippen LogP contribution in [0, 0.1) is 5.92 Å². The first-order chi connectivity index (χ1) is 12.2. The molecule has 1 heterocycles. The van der Waals surface area contributed by atoms with Crippen LogP contribution in [0.2, 0.25) is 0 Å². The summed E-state index contributed by atoms with van der Waals surface area (Å²) >= 11 is 0. The first-order valence-electron chi connectivity index (χ1n) is 9.43. The van der Waals surface area contributed by atoms with Gasteiger partial charge in [-0.05, 0) is 50.2 Å². The Kier molecular flexibility index (Phi) is 11.7. The van der Waals surface area contributed by atoms with E-state index in [0.717, 1.165) is 56.9 Å². The zero-order valence-electron chi connectivity index (χ0n) is 16.4. The molecule has 1 aromatic rings. The van der Waals surface area contributed by atoms with Crippen molar-refractivity contribution in [2.45, 2.75) is 32.6 Å². The van der Waals surface area contributed by atoms with Gasteiger partial charge >= 0.3 is 0 Å². The molecule has 0 atom stereocenters. The van der Waals surface area contributed by atoms with Crippen molar-refractivity contribution in [1.82, 2.24) is 10.2 Å². The van der Waals surface area contributed by atoms with E-state index in [4.69, 9.17) is 14.5 Å². The lowest BCUT2D eigenvalue weighted by Gasteiger charge is -2.26. The molecule has 5 nitrogen and oxygen atoms in total. The number of benzene rings is 1. The quantitative estimate of drug-likeness (QED) is 0.355. The molecule has 0 aromatic heterocycles. The highest BCUT2D eigenvalue weighted by molar-refractivity contribution is 14.0. The van der Waals surface area contributed by atoms with Crippen molar-refractivity contribution in [2.24, 2.45) is 10.9 Å². The van der Waals surface area contributed by atoms with Gasteiger partial charge in [-0.2, -0.15) is 0 Å². The maximum atomic E-state index is 5.45. The third kappa shape index (κ3) is 7.70. The Balaban J connectivity index is 0.00000338. The Morgan fingerprint density at radius 2 is 2.04 bits per heavy atom. The van der Waals surface area contributed by atoms with E-state index in [0.29, 0.717) is 0 Å². The van der Waals surface area contributed by atoms with Crippen LogP contribution in [0.5, 0.6) is 5.75 Å². The van der Waals surface area contributed by atoms with Crippen LogP contribution in [0.25, 0.3) is 0 Å². The average Bonchev–Trinajstić information content (AvgIpc) is 2.66. The van der Waals surface area contributed by atoms with E-state index >= 15 is 0 Å². The van der Waals surface area contributed by atoms with E-state index in [2.05, 4.69) is 30.3 Å². The lowest BCUT2D eigenvalue weighted by molar-refractivity contribution is 0.0625. The first-order valence-corrected chi connectivity index (χ1v) is 9.43. The van der Waals surface area contributed by atoms with E-state index in [1.165, 1.54) is 24.8 Å². The van der Waals surface area contributed by atoms with Gasteiger partial charge < -0.3 is 19.7 Å². The molecule has 0 radical (unpaired) electrons. The molecular weight excluding hydrogens is 441 g/mol. The number of methoxy groups -OCH3 is 1. The van der Waals surface area contributed by atoms with Crippen molar-refractivity contribution in [3.63, 3.8) is 0 Å². The highest BCUT2D eigenvalue weighted by atomic mass is 127. The maximum Gasteiger partial charge on any atom is 0.193 e. The Morgan fingerprint density at radius 1 is 1.31 bits per heavy atom. The second kappa shape index (κ2) is 13.2. The molecule has 1 fully saturated rings. The predicted molar refractivity (Wildman–Crippen MR) is 119 cm³/mol. The van der Waals surface area contributed by atoms with Crippen LogP contribution in [-0.4, -0.2) is 57.9 Å². The monoisotopic (exact) mass is 475 g/mol. The molecule has 1 saturated heterocycles. The number of hydrogen-bond donors (Lipinski definition) is 1. The number of guanidine groups is 1. The van der Waals surface area contributed by atoms with Gasteiger partial charge in [0.25, 0.3) is 0 Å². The van der Waals surface area contributed by atoms with Crippen molar-refractivity contribution in [2.75, 3.05) is 47.0 Å². The van der Waals surface area contributed by atoms with Gasteiger partial charge in [-0.25, -0.2) is 0 Å². The fourth-order valence-corrected chi connectivity index (χ4v) is 3.18. The minimum atomic E-state index is 0. The maximum absolute atomic E-state index is 5.45. The largest absolute Gasteiger partial charge is 0.496 e.